The van der Waals surface area contributed by atoms with Gasteiger partial charge in [-0.05, 0) is 37.1 Å². The first kappa shape index (κ1) is 14.0. The topological polar surface area (TPSA) is 66.4 Å². The van der Waals surface area contributed by atoms with Crippen molar-refractivity contribution in [3.8, 4) is 0 Å². The van der Waals surface area contributed by atoms with E-state index in [2.05, 4.69) is 21.2 Å². The van der Waals surface area contributed by atoms with Crippen LogP contribution in [0.4, 0.5) is 0 Å². The van der Waals surface area contributed by atoms with Crippen LogP contribution in [-0.4, -0.2) is 38.0 Å². The van der Waals surface area contributed by atoms with Crippen LogP contribution >= 0.6 is 15.9 Å². The molecule has 1 aromatic rings. The smallest absolute Gasteiger partial charge is 0.180 e. The van der Waals surface area contributed by atoms with E-state index in [9.17, 15) is 13.5 Å². The van der Waals surface area contributed by atoms with Crippen LogP contribution in [0.15, 0.2) is 33.6 Å². The molecule has 18 heavy (non-hydrogen) atoms. The second-order valence-electron chi connectivity index (χ2n) is 4.57. The zero-order chi connectivity index (χ0) is 13.2. The Balaban J connectivity index is 1.94. The van der Waals surface area contributed by atoms with Crippen molar-refractivity contribution >= 4 is 25.8 Å². The Labute approximate surface area is 115 Å². The number of aliphatic hydroxyl groups excluding tert-OH is 1. The monoisotopic (exact) mass is 333 g/mol. The lowest BCUT2D eigenvalue weighted by molar-refractivity contribution is 0.193. The molecule has 1 saturated carbocycles. The fraction of sp³-hybridized carbons (Fsp3) is 0.500. The molecule has 0 aliphatic heterocycles. The summed E-state index contributed by atoms with van der Waals surface area (Å²) in [5.74, 6) is -0.242. The van der Waals surface area contributed by atoms with Crippen molar-refractivity contribution in [3.05, 3.63) is 28.7 Å². The number of benzene rings is 1. The molecule has 2 N–H and O–H groups in total. The molecule has 1 atom stereocenters. The average Bonchev–Trinajstić information content (AvgIpc) is 3.10. The summed E-state index contributed by atoms with van der Waals surface area (Å²) >= 11 is 3.26. The number of hydrogen-bond acceptors (Lipinski definition) is 4. The van der Waals surface area contributed by atoms with Crippen LogP contribution in [0.5, 0.6) is 0 Å². The summed E-state index contributed by atoms with van der Waals surface area (Å²) in [6, 6.07) is 6.92. The van der Waals surface area contributed by atoms with Gasteiger partial charge in [0.25, 0.3) is 0 Å². The molecule has 0 heterocycles. The highest BCUT2D eigenvalue weighted by atomic mass is 79.9. The van der Waals surface area contributed by atoms with E-state index < -0.39 is 15.9 Å². The van der Waals surface area contributed by atoms with Gasteiger partial charge in [-0.2, -0.15) is 0 Å². The molecular formula is C12H16BrNO3S. The van der Waals surface area contributed by atoms with Crippen molar-refractivity contribution < 1.29 is 13.5 Å². The van der Waals surface area contributed by atoms with E-state index in [1.807, 2.05) is 0 Å². The molecule has 100 valence electrons. The van der Waals surface area contributed by atoms with Gasteiger partial charge in [-0.3, -0.25) is 0 Å². The van der Waals surface area contributed by atoms with Gasteiger partial charge < -0.3 is 10.4 Å². The predicted molar refractivity (Wildman–Crippen MR) is 73.2 cm³/mol. The van der Waals surface area contributed by atoms with Crippen LogP contribution < -0.4 is 5.32 Å². The van der Waals surface area contributed by atoms with Crippen LogP contribution in [0, 0.1) is 0 Å². The van der Waals surface area contributed by atoms with Gasteiger partial charge in [0.2, 0.25) is 0 Å². The second-order valence-corrected chi connectivity index (χ2v) is 7.52. The maximum absolute atomic E-state index is 12.0. The fourth-order valence-corrected chi connectivity index (χ4v) is 3.27. The Morgan fingerprint density at radius 2 is 1.94 bits per heavy atom. The lowest BCUT2D eigenvalue weighted by atomic mass is 10.4. The summed E-state index contributed by atoms with van der Waals surface area (Å²) in [5.41, 5.74) is 0. The Morgan fingerprint density at radius 1 is 1.33 bits per heavy atom. The summed E-state index contributed by atoms with van der Waals surface area (Å²) in [4.78, 5) is 0.246. The van der Waals surface area contributed by atoms with Gasteiger partial charge in [0, 0.05) is 17.1 Å². The van der Waals surface area contributed by atoms with Gasteiger partial charge in [-0.15, -0.1) is 0 Å². The molecule has 6 heteroatoms. The summed E-state index contributed by atoms with van der Waals surface area (Å²) in [5, 5.41) is 12.8. The van der Waals surface area contributed by atoms with Crippen LogP contribution in [0.1, 0.15) is 12.8 Å². The van der Waals surface area contributed by atoms with Crippen LogP contribution in [0.3, 0.4) is 0 Å². The minimum absolute atomic E-state index is 0.242. The molecule has 1 aromatic carbocycles. The SMILES string of the molecule is O=S(=O)(CC(O)CNC1CC1)c1ccc(Br)cc1. The van der Waals surface area contributed by atoms with E-state index in [4.69, 9.17) is 0 Å². The van der Waals surface area contributed by atoms with Crippen molar-refractivity contribution in [2.45, 2.75) is 29.9 Å². The van der Waals surface area contributed by atoms with Crippen molar-refractivity contribution in [1.29, 1.82) is 0 Å². The normalized spacial score (nSPS) is 17.7. The van der Waals surface area contributed by atoms with E-state index in [1.165, 1.54) is 0 Å². The fourth-order valence-electron chi connectivity index (χ4n) is 1.64. The summed E-state index contributed by atoms with van der Waals surface area (Å²) in [6.07, 6.45) is 1.37. The first-order valence-corrected chi connectivity index (χ1v) is 8.32. The molecule has 0 saturated heterocycles. The summed E-state index contributed by atoms with van der Waals surface area (Å²) < 4.78 is 24.9. The zero-order valence-corrected chi connectivity index (χ0v) is 12.2. The van der Waals surface area contributed by atoms with Gasteiger partial charge in [-0.25, -0.2) is 8.42 Å². The largest absolute Gasteiger partial charge is 0.391 e. The first-order valence-electron chi connectivity index (χ1n) is 5.87. The lowest BCUT2D eigenvalue weighted by Crippen LogP contribution is -2.33. The molecule has 0 spiro atoms. The lowest BCUT2D eigenvalue weighted by Gasteiger charge is -2.12. The molecule has 2 rings (SSSR count). The molecule has 0 radical (unpaired) electrons. The van der Waals surface area contributed by atoms with Crippen molar-refractivity contribution in [2.75, 3.05) is 12.3 Å². The van der Waals surface area contributed by atoms with Crippen LogP contribution in [0.25, 0.3) is 0 Å². The van der Waals surface area contributed by atoms with Crippen molar-refractivity contribution in [1.82, 2.24) is 5.32 Å². The molecule has 1 aliphatic carbocycles. The predicted octanol–water partition coefficient (Wildman–Crippen LogP) is 1.34. The van der Waals surface area contributed by atoms with E-state index in [0.717, 1.165) is 17.3 Å². The molecule has 0 bridgehead atoms. The quantitative estimate of drug-likeness (QED) is 0.824. The third kappa shape index (κ3) is 4.05. The zero-order valence-electron chi connectivity index (χ0n) is 9.84. The molecule has 1 aliphatic rings. The van der Waals surface area contributed by atoms with Gasteiger partial charge >= 0.3 is 0 Å². The maximum atomic E-state index is 12.0. The van der Waals surface area contributed by atoms with E-state index in [-0.39, 0.29) is 10.6 Å². The Morgan fingerprint density at radius 3 is 2.50 bits per heavy atom. The van der Waals surface area contributed by atoms with Gasteiger partial charge in [0.05, 0.1) is 16.8 Å². The number of hydrogen-bond donors (Lipinski definition) is 2. The molecule has 1 fully saturated rings. The minimum atomic E-state index is -3.41. The van der Waals surface area contributed by atoms with Crippen LogP contribution in [-0.2, 0) is 9.84 Å². The third-order valence-corrected chi connectivity index (χ3v) is 5.15. The number of rotatable bonds is 6. The van der Waals surface area contributed by atoms with Crippen molar-refractivity contribution in [3.63, 3.8) is 0 Å². The average molecular weight is 334 g/mol. The number of nitrogens with one attached hydrogen (secondary N) is 1. The molecule has 0 amide bonds. The van der Waals surface area contributed by atoms with Gasteiger partial charge in [0.1, 0.15) is 0 Å². The highest BCUT2D eigenvalue weighted by molar-refractivity contribution is 9.10. The van der Waals surface area contributed by atoms with E-state index >= 15 is 0 Å². The number of halogens is 1. The van der Waals surface area contributed by atoms with Crippen molar-refractivity contribution in [2.24, 2.45) is 0 Å². The maximum Gasteiger partial charge on any atom is 0.180 e. The molecule has 4 nitrogen and oxygen atoms in total. The summed E-state index contributed by atoms with van der Waals surface area (Å²) in [7, 11) is -3.41. The minimum Gasteiger partial charge on any atom is -0.391 e. The standard InChI is InChI=1S/C12H16BrNO3S/c13-9-1-5-12(6-2-9)18(16,17)8-11(15)7-14-10-3-4-10/h1-2,5-6,10-11,14-15H,3-4,7-8H2. The molecule has 0 aromatic heterocycles. The van der Waals surface area contributed by atoms with E-state index in [1.54, 1.807) is 24.3 Å². The Bertz CT molecular complexity index is 497. The number of sulfone groups is 1. The van der Waals surface area contributed by atoms with Crippen LogP contribution in [0.2, 0.25) is 0 Å². The van der Waals surface area contributed by atoms with Gasteiger partial charge in [0.15, 0.2) is 9.84 Å². The molecular weight excluding hydrogens is 318 g/mol. The number of aliphatic hydroxyl groups is 1. The second kappa shape index (κ2) is 5.69. The highest BCUT2D eigenvalue weighted by Crippen LogP contribution is 2.19. The Hall–Kier alpha value is -0.430. The van der Waals surface area contributed by atoms with Gasteiger partial charge in [-0.1, -0.05) is 15.9 Å². The van der Waals surface area contributed by atoms with E-state index in [0.29, 0.717) is 12.6 Å². The first-order chi connectivity index (χ1) is 8.47. The molecule has 1 unspecified atom stereocenters. The third-order valence-electron chi connectivity index (χ3n) is 2.80. The highest BCUT2D eigenvalue weighted by Gasteiger charge is 2.24. The summed E-state index contributed by atoms with van der Waals surface area (Å²) in [6.45, 7) is 0.334. The Kier molecular flexibility index (Phi) is 4.42.